The molecule has 0 radical (unpaired) electrons. The number of ether oxygens (including phenoxy) is 1. The number of carboxylic acid groups (broad SMARTS) is 1. The van der Waals surface area contributed by atoms with E-state index >= 15 is 0 Å². The summed E-state index contributed by atoms with van der Waals surface area (Å²) in [5, 5.41) is 9.02. The summed E-state index contributed by atoms with van der Waals surface area (Å²) in [4.78, 5) is 13.2. The number of rotatable bonds is 8. The molecular weight excluding hydrogens is 254 g/mol. The standard InChI is InChI=1S/C16H25NO3/c1-12(2)17(11-13(3)16(18)19)10-9-14-5-7-15(20-4)8-6-14/h5-8,12-13H,9-11H2,1-4H3,(H,18,19). The average Bonchev–Trinajstić information content (AvgIpc) is 2.43. The second-order valence-electron chi connectivity index (χ2n) is 5.43. The lowest BCUT2D eigenvalue weighted by Crippen LogP contribution is -2.38. The van der Waals surface area contributed by atoms with Gasteiger partial charge in [0.25, 0.3) is 0 Å². The Bertz CT molecular complexity index is 414. The van der Waals surface area contributed by atoms with E-state index in [4.69, 9.17) is 9.84 Å². The summed E-state index contributed by atoms with van der Waals surface area (Å²) in [7, 11) is 1.66. The van der Waals surface area contributed by atoms with Crippen LogP contribution in [0.1, 0.15) is 26.3 Å². The Hall–Kier alpha value is -1.55. The molecule has 0 aliphatic heterocycles. The number of aliphatic carboxylic acids is 1. The number of carboxylic acids is 1. The molecule has 1 rings (SSSR count). The van der Waals surface area contributed by atoms with Crippen molar-refractivity contribution in [1.82, 2.24) is 4.90 Å². The van der Waals surface area contributed by atoms with Crippen LogP contribution in [0, 0.1) is 5.92 Å². The van der Waals surface area contributed by atoms with Crippen LogP contribution in [-0.4, -0.2) is 42.2 Å². The third kappa shape index (κ3) is 5.21. The monoisotopic (exact) mass is 279 g/mol. The molecule has 0 amide bonds. The molecule has 20 heavy (non-hydrogen) atoms. The van der Waals surface area contributed by atoms with Gasteiger partial charge in [-0.1, -0.05) is 19.1 Å². The highest BCUT2D eigenvalue weighted by atomic mass is 16.5. The van der Waals surface area contributed by atoms with Crippen LogP contribution in [0.2, 0.25) is 0 Å². The van der Waals surface area contributed by atoms with Crippen LogP contribution in [0.3, 0.4) is 0 Å². The minimum atomic E-state index is -0.736. The zero-order chi connectivity index (χ0) is 15.1. The first kappa shape index (κ1) is 16.5. The highest BCUT2D eigenvalue weighted by Gasteiger charge is 2.18. The Labute approximate surface area is 121 Å². The van der Waals surface area contributed by atoms with Crippen LogP contribution in [0.25, 0.3) is 0 Å². The fourth-order valence-corrected chi connectivity index (χ4v) is 2.06. The molecule has 0 saturated carbocycles. The van der Waals surface area contributed by atoms with E-state index in [0.29, 0.717) is 12.6 Å². The van der Waals surface area contributed by atoms with Gasteiger partial charge in [-0.15, -0.1) is 0 Å². The van der Waals surface area contributed by atoms with Gasteiger partial charge >= 0.3 is 5.97 Å². The van der Waals surface area contributed by atoms with E-state index in [1.165, 1.54) is 5.56 Å². The summed E-state index contributed by atoms with van der Waals surface area (Å²) >= 11 is 0. The number of carbonyl (C=O) groups is 1. The third-order valence-electron chi connectivity index (χ3n) is 3.51. The molecule has 0 fully saturated rings. The maximum atomic E-state index is 11.0. The van der Waals surface area contributed by atoms with Gasteiger partial charge in [0.05, 0.1) is 13.0 Å². The van der Waals surface area contributed by atoms with Gasteiger partial charge < -0.3 is 9.84 Å². The van der Waals surface area contributed by atoms with Crippen molar-refractivity contribution in [3.8, 4) is 5.75 Å². The number of benzene rings is 1. The Morgan fingerprint density at radius 3 is 2.30 bits per heavy atom. The second kappa shape index (κ2) is 7.90. The molecule has 0 aromatic heterocycles. The number of methoxy groups -OCH3 is 1. The number of hydrogen-bond donors (Lipinski definition) is 1. The van der Waals surface area contributed by atoms with Crippen molar-refractivity contribution in [3.05, 3.63) is 29.8 Å². The van der Waals surface area contributed by atoms with Gasteiger partial charge in [0.1, 0.15) is 5.75 Å². The van der Waals surface area contributed by atoms with Crippen LogP contribution in [0.4, 0.5) is 0 Å². The Morgan fingerprint density at radius 1 is 1.25 bits per heavy atom. The average molecular weight is 279 g/mol. The maximum absolute atomic E-state index is 11.0. The molecule has 1 aromatic carbocycles. The summed E-state index contributed by atoms with van der Waals surface area (Å²) in [6, 6.07) is 8.36. The van der Waals surface area contributed by atoms with Gasteiger partial charge in [-0.2, -0.15) is 0 Å². The molecule has 0 aliphatic rings. The van der Waals surface area contributed by atoms with Crippen LogP contribution < -0.4 is 4.74 Å². The summed E-state index contributed by atoms with van der Waals surface area (Å²) in [5.41, 5.74) is 1.24. The van der Waals surface area contributed by atoms with Crippen molar-refractivity contribution < 1.29 is 14.6 Å². The lowest BCUT2D eigenvalue weighted by atomic mass is 10.1. The Kier molecular flexibility index (Phi) is 6.52. The zero-order valence-electron chi connectivity index (χ0n) is 12.8. The molecule has 1 atom stereocenters. The van der Waals surface area contributed by atoms with Crippen LogP contribution in [-0.2, 0) is 11.2 Å². The third-order valence-corrected chi connectivity index (χ3v) is 3.51. The molecule has 112 valence electrons. The van der Waals surface area contributed by atoms with E-state index < -0.39 is 5.97 Å². The Balaban J connectivity index is 2.55. The first-order valence-electron chi connectivity index (χ1n) is 7.03. The van der Waals surface area contributed by atoms with Crippen LogP contribution in [0.15, 0.2) is 24.3 Å². The van der Waals surface area contributed by atoms with Gasteiger partial charge in [0.2, 0.25) is 0 Å². The fraction of sp³-hybridized carbons (Fsp3) is 0.562. The SMILES string of the molecule is COc1ccc(CCN(CC(C)C(=O)O)C(C)C)cc1. The lowest BCUT2D eigenvalue weighted by molar-refractivity contribution is -0.141. The molecule has 1 N–H and O–H groups in total. The van der Waals surface area contributed by atoms with Gasteiger partial charge in [-0.25, -0.2) is 0 Å². The van der Waals surface area contributed by atoms with E-state index in [1.54, 1.807) is 14.0 Å². The smallest absolute Gasteiger partial charge is 0.307 e. The number of hydrogen-bond acceptors (Lipinski definition) is 3. The van der Waals surface area contributed by atoms with E-state index in [1.807, 2.05) is 12.1 Å². The largest absolute Gasteiger partial charge is 0.497 e. The van der Waals surface area contributed by atoms with Crippen molar-refractivity contribution in [3.63, 3.8) is 0 Å². The molecule has 0 spiro atoms. The van der Waals surface area contributed by atoms with Crippen molar-refractivity contribution >= 4 is 5.97 Å². The van der Waals surface area contributed by atoms with Crippen molar-refractivity contribution in [2.75, 3.05) is 20.2 Å². The quantitative estimate of drug-likeness (QED) is 0.795. The summed E-state index contributed by atoms with van der Waals surface area (Å²) in [5.74, 6) is -0.220. The summed E-state index contributed by atoms with van der Waals surface area (Å²) < 4.78 is 5.14. The lowest BCUT2D eigenvalue weighted by Gasteiger charge is -2.28. The van der Waals surface area contributed by atoms with Gasteiger partial charge in [-0.05, 0) is 38.0 Å². The van der Waals surface area contributed by atoms with Crippen molar-refractivity contribution in [1.29, 1.82) is 0 Å². The minimum Gasteiger partial charge on any atom is -0.497 e. The van der Waals surface area contributed by atoms with Gasteiger partial charge in [0, 0.05) is 19.1 Å². The van der Waals surface area contributed by atoms with Crippen molar-refractivity contribution in [2.24, 2.45) is 5.92 Å². The maximum Gasteiger partial charge on any atom is 0.307 e. The molecule has 1 unspecified atom stereocenters. The minimum absolute atomic E-state index is 0.340. The summed E-state index contributed by atoms with van der Waals surface area (Å²) in [6.45, 7) is 7.40. The highest BCUT2D eigenvalue weighted by Crippen LogP contribution is 2.13. The van der Waals surface area contributed by atoms with Gasteiger partial charge in [0.15, 0.2) is 0 Å². The molecule has 0 heterocycles. The molecule has 0 saturated heterocycles. The van der Waals surface area contributed by atoms with Crippen LogP contribution >= 0.6 is 0 Å². The molecule has 0 aliphatic carbocycles. The van der Waals surface area contributed by atoms with Gasteiger partial charge in [-0.3, -0.25) is 9.69 Å². The van der Waals surface area contributed by atoms with E-state index in [9.17, 15) is 4.79 Å². The normalized spacial score (nSPS) is 12.7. The molecule has 4 nitrogen and oxygen atoms in total. The van der Waals surface area contributed by atoms with Crippen molar-refractivity contribution in [2.45, 2.75) is 33.2 Å². The molecule has 4 heteroatoms. The number of nitrogens with zero attached hydrogens (tertiary/aromatic N) is 1. The Morgan fingerprint density at radius 2 is 1.85 bits per heavy atom. The first-order valence-corrected chi connectivity index (χ1v) is 7.03. The van der Waals surface area contributed by atoms with E-state index in [0.717, 1.165) is 18.7 Å². The molecule has 1 aromatic rings. The van der Waals surface area contributed by atoms with E-state index in [2.05, 4.69) is 30.9 Å². The second-order valence-corrected chi connectivity index (χ2v) is 5.43. The zero-order valence-corrected chi connectivity index (χ0v) is 12.8. The predicted molar refractivity (Wildman–Crippen MR) is 80.2 cm³/mol. The van der Waals surface area contributed by atoms with Crippen LogP contribution in [0.5, 0.6) is 5.75 Å². The first-order chi connectivity index (χ1) is 9.43. The molecular formula is C16H25NO3. The van der Waals surface area contributed by atoms with E-state index in [-0.39, 0.29) is 5.92 Å². The predicted octanol–water partition coefficient (Wildman–Crippen LogP) is 2.67. The fourth-order valence-electron chi connectivity index (χ4n) is 2.06. The highest BCUT2D eigenvalue weighted by molar-refractivity contribution is 5.69. The topological polar surface area (TPSA) is 49.8 Å². The summed E-state index contributed by atoms with van der Waals surface area (Å²) in [6.07, 6.45) is 0.911. The molecule has 0 bridgehead atoms.